The molecule has 1 aliphatic heterocycles. The molecular weight excluding hydrogens is 218 g/mol. The second-order valence-corrected chi connectivity index (χ2v) is 4.94. The number of aliphatic carboxylic acids is 1. The molecule has 1 aromatic rings. The molecule has 1 aliphatic rings. The summed E-state index contributed by atoms with van der Waals surface area (Å²) in [5.74, 6) is 0.577. The van der Waals surface area contributed by atoms with Crippen LogP contribution < -0.4 is 0 Å². The molecule has 0 amide bonds. The predicted octanol–water partition coefficient (Wildman–Crippen LogP) is 1.23. The third-order valence-electron chi connectivity index (χ3n) is 3.51. The fourth-order valence-electron chi connectivity index (χ4n) is 2.64. The van der Waals surface area contributed by atoms with Gasteiger partial charge in [0.15, 0.2) is 0 Å². The minimum Gasteiger partial charge on any atom is -0.481 e. The van der Waals surface area contributed by atoms with Gasteiger partial charge in [-0.1, -0.05) is 0 Å². The van der Waals surface area contributed by atoms with Crippen molar-refractivity contribution in [2.75, 3.05) is 20.1 Å². The molecule has 0 bridgehead atoms. The quantitative estimate of drug-likeness (QED) is 0.826. The molecule has 94 valence electrons. The minimum atomic E-state index is -0.739. The number of carboxylic acid groups (broad SMARTS) is 1. The van der Waals surface area contributed by atoms with Crippen LogP contribution in [0.1, 0.15) is 30.3 Å². The highest BCUT2D eigenvalue weighted by Crippen LogP contribution is 2.33. The van der Waals surface area contributed by atoms with Crippen LogP contribution in [0.5, 0.6) is 0 Å². The van der Waals surface area contributed by atoms with E-state index in [4.69, 9.17) is 5.11 Å². The average Bonchev–Trinajstić information content (AvgIpc) is 2.84. The van der Waals surface area contributed by atoms with Gasteiger partial charge in [0, 0.05) is 24.4 Å². The topological polar surface area (TPSA) is 69.2 Å². The number of likely N-dealkylation sites (tertiary alicyclic amines) is 1. The van der Waals surface area contributed by atoms with Crippen molar-refractivity contribution < 1.29 is 9.90 Å². The zero-order chi connectivity index (χ0) is 12.4. The summed E-state index contributed by atoms with van der Waals surface area (Å²) in [5, 5.41) is 9.03. The summed E-state index contributed by atoms with van der Waals surface area (Å²) < 4.78 is 0. The highest BCUT2D eigenvalue weighted by atomic mass is 16.4. The zero-order valence-electron chi connectivity index (χ0n) is 10.3. The van der Waals surface area contributed by atoms with Crippen molar-refractivity contribution in [3.8, 4) is 0 Å². The Bertz CT molecular complexity index is 402. The maximum Gasteiger partial charge on any atom is 0.304 e. The molecule has 0 aromatic carbocycles. The monoisotopic (exact) mass is 237 g/mol. The maximum absolute atomic E-state index is 11.0. The van der Waals surface area contributed by atoms with Gasteiger partial charge in [0.1, 0.15) is 5.82 Å². The Kier molecular flexibility index (Phi) is 3.47. The van der Waals surface area contributed by atoms with Crippen molar-refractivity contribution >= 4 is 5.97 Å². The van der Waals surface area contributed by atoms with E-state index in [-0.39, 0.29) is 12.3 Å². The molecule has 5 nitrogen and oxygen atoms in total. The molecule has 2 unspecified atom stereocenters. The standard InChI is InChI=1S/C12H19N3O2/c1-8-13-6-11(14-8)10(5-12(16)17)9-3-4-15(2)7-9/h6,9-10H,3-5,7H2,1-2H3,(H,13,14)(H,16,17). The van der Waals surface area contributed by atoms with Crippen LogP contribution in [0.15, 0.2) is 6.20 Å². The predicted molar refractivity (Wildman–Crippen MR) is 63.9 cm³/mol. The molecule has 1 aromatic heterocycles. The molecule has 0 saturated carbocycles. The Morgan fingerprint density at radius 3 is 3.00 bits per heavy atom. The molecule has 2 heterocycles. The van der Waals surface area contributed by atoms with Crippen molar-refractivity contribution in [2.24, 2.45) is 5.92 Å². The number of nitrogens with zero attached hydrogens (tertiary/aromatic N) is 2. The molecule has 1 saturated heterocycles. The number of aryl methyl sites for hydroxylation is 1. The van der Waals surface area contributed by atoms with Crippen molar-refractivity contribution in [3.05, 3.63) is 17.7 Å². The van der Waals surface area contributed by atoms with Crippen LogP contribution in [0.4, 0.5) is 0 Å². The van der Waals surface area contributed by atoms with Crippen LogP contribution in [-0.4, -0.2) is 46.1 Å². The molecule has 0 radical (unpaired) electrons. The summed E-state index contributed by atoms with van der Waals surface area (Å²) >= 11 is 0. The lowest BCUT2D eigenvalue weighted by Gasteiger charge is -2.20. The first-order chi connectivity index (χ1) is 8.06. The van der Waals surface area contributed by atoms with Gasteiger partial charge in [-0.05, 0) is 32.9 Å². The molecule has 2 atom stereocenters. The normalized spacial score (nSPS) is 22.8. The van der Waals surface area contributed by atoms with Crippen LogP contribution in [0, 0.1) is 12.8 Å². The lowest BCUT2D eigenvalue weighted by molar-refractivity contribution is -0.137. The summed E-state index contributed by atoms with van der Waals surface area (Å²) in [7, 11) is 2.08. The van der Waals surface area contributed by atoms with Crippen LogP contribution >= 0.6 is 0 Å². The molecule has 0 spiro atoms. The summed E-state index contributed by atoms with van der Waals surface area (Å²) in [6.07, 6.45) is 3.02. The summed E-state index contributed by atoms with van der Waals surface area (Å²) in [5.41, 5.74) is 0.963. The Labute approximate surface area is 101 Å². The number of rotatable bonds is 4. The van der Waals surface area contributed by atoms with Gasteiger partial charge in [0.25, 0.3) is 0 Å². The first kappa shape index (κ1) is 12.1. The molecule has 0 aliphatic carbocycles. The summed E-state index contributed by atoms with van der Waals surface area (Å²) in [6, 6.07) is 0. The maximum atomic E-state index is 11.0. The molecule has 17 heavy (non-hydrogen) atoms. The minimum absolute atomic E-state index is 0.0543. The highest BCUT2D eigenvalue weighted by Gasteiger charge is 2.31. The highest BCUT2D eigenvalue weighted by molar-refractivity contribution is 5.68. The average molecular weight is 237 g/mol. The number of H-pyrrole nitrogens is 1. The second kappa shape index (κ2) is 4.87. The van der Waals surface area contributed by atoms with E-state index in [0.717, 1.165) is 31.0 Å². The summed E-state index contributed by atoms with van der Waals surface area (Å²) in [6.45, 7) is 3.91. The molecular formula is C12H19N3O2. The Morgan fingerprint density at radius 2 is 2.53 bits per heavy atom. The molecule has 2 rings (SSSR count). The van der Waals surface area contributed by atoms with E-state index in [9.17, 15) is 4.79 Å². The third-order valence-corrected chi connectivity index (χ3v) is 3.51. The number of imidazole rings is 1. The smallest absolute Gasteiger partial charge is 0.304 e. The number of nitrogens with one attached hydrogen (secondary N) is 1. The Morgan fingerprint density at radius 1 is 1.76 bits per heavy atom. The number of carbonyl (C=O) groups is 1. The lowest BCUT2D eigenvalue weighted by Crippen LogP contribution is -2.21. The number of hydrogen-bond acceptors (Lipinski definition) is 3. The van der Waals surface area contributed by atoms with Gasteiger partial charge in [0.2, 0.25) is 0 Å². The third kappa shape index (κ3) is 2.85. The second-order valence-electron chi connectivity index (χ2n) is 4.94. The van der Waals surface area contributed by atoms with Crippen molar-refractivity contribution in [1.82, 2.24) is 14.9 Å². The van der Waals surface area contributed by atoms with Gasteiger partial charge in [0.05, 0.1) is 6.42 Å². The molecule has 5 heteroatoms. The van der Waals surface area contributed by atoms with Crippen LogP contribution in [0.3, 0.4) is 0 Å². The van der Waals surface area contributed by atoms with Crippen LogP contribution in [-0.2, 0) is 4.79 Å². The molecule has 2 N–H and O–H groups in total. The lowest BCUT2D eigenvalue weighted by atomic mass is 9.86. The van der Waals surface area contributed by atoms with Gasteiger partial charge >= 0.3 is 5.97 Å². The van der Waals surface area contributed by atoms with Gasteiger partial charge in [-0.2, -0.15) is 0 Å². The number of aromatic amines is 1. The van der Waals surface area contributed by atoms with Crippen molar-refractivity contribution in [1.29, 1.82) is 0 Å². The first-order valence-electron chi connectivity index (χ1n) is 5.98. The van der Waals surface area contributed by atoms with E-state index in [2.05, 4.69) is 21.9 Å². The van der Waals surface area contributed by atoms with E-state index >= 15 is 0 Å². The number of aromatic nitrogens is 2. The van der Waals surface area contributed by atoms with Gasteiger partial charge in [-0.3, -0.25) is 4.79 Å². The fourth-order valence-corrected chi connectivity index (χ4v) is 2.64. The Balaban J connectivity index is 2.16. The van der Waals surface area contributed by atoms with Crippen LogP contribution in [0.2, 0.25) is 0 Å². The summed E-state index contributed by atoms with van der Waals surface area (Å²) in [4.78, 5) is 20.6. The Hall–Kier alpha value is -1.36. The van der Waals surface area contributed by atoms with Gasteiger partial charge in [-0.15, -0.1) is 0 Å². The van der Waals surface area contributed by atoms with Gasteiger partial charge in [-0.25, -0.2) is 4.98 Å². The fraction of sp³-hybridized carbons (Fsp3) is 0.667. The number of carboxylic acids is 1. The number of hydrogen-bond donors (Lipinski definition) is 2. The van der Waals surface area contributed by atoms with Crippen LogP contribution in [0.25, 0.3) is 0 Å². The van der Waals surface area contributed by atoms with E-state index in [1.165, 1.54) is 0 Å². The van der Waals surface area contributed by atoms with Crippen molar-refractivity contribution in [2.45, 2.75) is 25.7 Å². The van der Waals surface area contributed by atoms with E-state index in [0.29, 0.717) is 5.92 Å². The van der Waals surface area contributed by atoms with Crippen molar-refractivity contribution in [3.63, 3.8) is 0 Å². The van der Waals surface area contributed by atoms with E-state index in [1.807, 2.05) is 6.92 Å². The van der Waals surface area contributed by atoms with E-state index < -0.39 is 5.97 Å². The molecule has 1 fully saturated rings. The van der Waals surface area contributed by atoms with E-state index in [1.54, 1.807) is 6.20 Å². The SMILES string of the molecule is Cc1ncc(C(CC(=O)O)C2CCN(C)C2)[nH]1. The van der Waals surface area contributed by atoms with Gasteiger partial charge < -0.3 is 15.0 Å². The largest absolute Gasteiger partial charge is 0.481 e. The zero-order valence-corrected chi connectivity index (χ0v) is 10.3. The first-order valence-corrected chi connectivity index (χ1v) is 5.98.